The Balaban J connectivity index is 0. The molecule has 0 atom stereocenters. The fourth-order valence-electron chi connectivity index (χ4n) is 0.667. The van der Waals surface area contributed by atoms with Gasteiger partial charge in [-0.1, -0.05) is 38.2 Å². The van der Waals surface area contributed by atoms with Gasteiger partial charge in [0, 0.05) is 12.2 Å². The minimum absolute atomic E-state index is 0.480. The molecule has 0 bridgehead atoms. The van der Waals surface area contributed by atoms with Crippen LogP contribution < -0.4 is 11.5 Å². The lowest BCUT2D eigenvalue weighted by Crippen LogP contribution is -2.07. The summed E-state index contributed by atoms with van der Waals surface area (Å²) in [4.78, 5) is 0. The normalized spacial score (nSPS) is 12.5. The highest BCUT2D eigenvalue weighted by Crippen LogP contribution is 2.03. The van der Waals surface area contributed by atoms with Crippen molar-refractivity contribution in [1.29, 1.82) is 0 Å². The number of rotatable bonds is 3. The maximum absolute atomic E-state index is 5.57. The standard InChI is InChI=1S/C9H16N2.C2H6/c1-4-7(2)5-9(6-10)8(3)11;1-2/h4-5H,1,6,10-11H2,2-3H3;1-2H3/b7-5-,9-8-;. The topological polar surface area (TPSA) is 52.0 Å². The van der Waals surface area contributed by atoms with E-state index in [4.69, 9.17) is 11.5 Å². The van der Waals surface area contributed by atoms with E-state index in [-0.39, 0.29) is 0 Å². The Morgan fingerprint density at radius 3 is 2.00 bits per heavy atom. The molecule has 0 unspecified atom stereocenters. The van der Waals surface area contributed by atoms with Crippen LogP contribution in [0.4, 0.5) is 0 Å². The number of allylic oxidation sites excluding steroid dienone is 3. The smallest absolute Gasteiger partial charge is 0.0195 e. The second-order valence-corrected chi connectivity index (χ2v) is 2.50. The van der Waals surface area contributed by atoms with Crippen LogP contribution in [0.3, 0.4) is 0 Å². The molecule has 0 heterocycles. The van der Waals surface area contributed by atoms with Gasteiger partial charge in [-0.05, 0) is 19.4 Å². The molecule has 0 aromatic rings. The molecular weight excluding hydrogens is 160 g/mol. The van der Waals surface area contributed by atoms with Crippen LogP contribution in [0.15, 0.2) is 35.6 Å². The van der Waals surface area contributed by atoms with E-state index < -0.39 is 0 Å². The van der Waals surface area contributed by atoms with Gasteiger partial charge in [-0.15, -0.1) is 0 Å². The lowest BCUT2D eigenvalue weighted by atomic mass is 10.1. The van der Waals surface area contributed by atoms with E-state index >= 15 is 0 Å². The van der Waals surface area contributed by atoms with Crippen LogP contribution >= 0.6 is 0 Å². The van der Waals surface area contributed by atoms with E-state index in [2.05, 4.69) is 6.58 Å². The zero-order valence-corrected chi connectivity index (χ0v) is 9.22. The van der Waals surface area contributed by atoms with Crippen molar-refractivity contribution < 1.29 is 0 Å². The molecule has 13 heavy (non-hydrogen) atoms. The Morgan fingerprint density at radius 2 is 1.77 bits per heavy atom. The fourth-order valence-corrected chi connectivity index (χ4v) is 0.667. The Bertz CT molecular complexity index is 196. The molecule has 2 heteroatoms. The third-order valence-electron chi connectivity index (χ3n) is 1.45. The second kappa shape index (κ2) is 9.07. The average molecular weight is 182 g/mol. The van der Waals surface area contributed by atoms with Gasteiger partial charge in [-0.2, -0.15) is 0 Å². The molecule has 0 amide bonds. The van der Waals surface area contributed by atoms with Crippen LogP contribution in [-0.4, -0.2) is 6.54 Å². The van der Waals surface area contributed by atoms with E-state index in [0.717, 1.165) is 16.8 Å². The SMILES string of the molecule is C=C/C(C)=C\C(CN)=C(/C)N.CC. The lowest BCUT2D eigenvalue weighted by Gasteiger charge is -2.01. The molecule has 0 rings (SSSR count). The van der Waals surface area contributed by atoms with Gasteiger partial charge >= 0.3 is 0 Å². The molecular formula is C11H22N2. The van der Waals surface area contributed by atoms with E-state index in [9.17, 15) is 0 Å². The van der Waals surface area contributed by atoms with E-state index in [1.165, 1.54) is 0 Å². The molecule has 76 valence electrons. The summed E-state index contributed by atoms with van der Waals surface area (Å²) in [5.74, 6) is 0. The summed E-state index contributed by atoms with van der Waals surface area (Å²) in [5, 5.41) is 0. The van der Waals surface area contributed by atoms with E-state index in [1.807, 2.05) is 33.8 Å². The van der Waals surface area contributed by atoms with Crippen molar-refractivity contribution in [3.05, 3.63) is 35.6 Å². The van der Waals surface area contributed by atoms with Crippen molar-refractivity contribution in [1.82, 2.24) is 0 Å². The van der Waals surface area contributed by atoms with Gasteiger partial charge in [0.15, 0.2) is 0 Å². The van der Waals surface area contributed by atoms with Gasteiger partial charge in [-0.3, -0.25) is 0 Å². The molecule has 0 aromatic carbocycles. The maximum atomic E-state index is 5.57. The van der Waals surface area contributed by atoms with Gasteiger partial charge in [-0.25, -0.2) is 0 Å². The summed E-state index contributed by atoms with van der Waals surface area (Å²) < 4.78 is 0. The first kappa shape index (κ1) is 14.5. The predicted molar refractivity (Wildman–Crippen MR) is 61.2 cm³/mol. The van der Waals surface area contributed by atoms with Crippen molar-refractivity contribution in [2.24, 2.45) is 11.5 Å². The zero-order chi connectivity index (χ0) is 10.9. The van der Waals surface area contributed by atoms with E-state index in [1.54, 1.807) is 6.08 Å². The van der Waals surface area contributed by atoms with Crippen molar-refractivity contribution in [3.8, 4) is 0 Å². The fraction of sp³-hybridized carbons (Fsp3) is 0.455. The minimum Gasteiger partial charge on any atom is -0.402 e. The van der Waals surface area contributed by atoms with Crippen molar-refractivity contribution >= 4 is 0 Å². The van der Waals surface area contributed by atoms with Crippen LogP contribution in [0.2, 0.25) is 0 Å². The van der Waals surface area contributed by atoms with Crippen molar-refractivity contribution in [2.45, 2.75) is 27.7 Å². The van der Waals surface area contributed by atoms with E-state index in [0.29, 0.717) is 6.54 Å². The van der Waals surface area contributed by atoms with Gasteiger partial charge in [0.1, 0.15) is 0 Å². The summed E-state index contributed by atoms with van der Waals surface area (Å²) in [6, 6.07) is 0. The molecule has 0 radical (unpaired) electrons. The first-order valence-electron chi connectivity index (χ1n) is 4.57. The quantitative estimate of drug-likeness (QED) is 0.658. The number of nitrogens with two attached hydrogens (primary N) is 2. The average Bonchev–Trinajstić information content (AvgIpc) is 2.16. The largest absolute Gasteiger partial charge is 0.402 e. The van der Waals surface area contributed by atoms with Gasteiger partial charge in [0.05, 0.1) is 0 Å². The Morgan fingerprint density at radius 1 is 1.31 bits per heavy atom. The third-order valence-corrected chi connectivity index (χ3v) is 1.45. The molecule has 0 aliphatic carbocycles. The third kappa shape index (κ3) is 7.34. The molecule has 0 spiro atoms. The summed E-state index contributed by atoms with van der Waals surface area (Å²) in [6.07, 6.45) is 3.72. The highest BCUT2D eigenvalue weighted by Gasteiger charge is 1.92. The Hall–Kier alpha value is -1.02. The predicted octanol–water partition coefficient (Wildman–Crippen LogP) is 2.34. The van der Waals surface area contributed by atoms with Crippen LogP contribution in [0.5, 0.6) is 0 Å². The summed E-state index contributed by atoms with van der Waals surface area (Å²) in [7, 11) is 0. The monoisotopic (exact) mass is 182 g/mol. The first-order chi connectivity index (χ1) is 6.11. The molecule has 0 saturated heterocycles. The first-order valence-corrected chi connectivity index (χ1v) is 4.57. The Labute approximate surface area is 82.0 Å². The summed E-state index contributed by atoms with van der Waals surface area (Å²) >= 11 is 0. The molecule has 0 saturated carbocycles. The van der Waals surface area contributed by atoms with Crippen LogP contribution in [-0.2, 0) is 0 Å². The highest BCUT2D eigenvalue weighted by atomic mass is 14.6. The maximum Gasteiger partial charge on any atom is 0.0195 e. The van der Waals surface area contributed by atoms with Gasteiger partial charge < -0.3 is 11.5 Å². The highest BCUT2D eigenvalue weighted by molar-refractivity contribution is 5.31. The van der Waals surface area contributed by atoms with Crippen LogP contribution in [0.1, 0.15) is 27.7 Å². The van der Waals surface area contributed by atoms with Crippen molar-refractivity contribution in [3.63, 3.8) is 0 Å². The zero-order valence-electron chi connectivity index (χ0n) is 9.22. The number of hydrogen-bond acceptors (Lipinski definition) is 2. The molecule has 0 fully saturated rings. The van der Waals surface area contributed by atoms with Gasteiger partial charge in [0.2, 0.25) is 0 Å². The molecule has 4 N–H and O–H groups in total. The van der Waals surface area contributed by atoms with Crippen LogP contribution in [0, 0.1) is 0 Å². The molecule has 2 nitrogen and oxygen atoms in total. The summed E-state index contributed by atoms with van der Waals surface area (Å²) in [6.45, 7) is 11.9. The van der Waals surface area contributed by atoms with Crippen LogP contribution in [0.25, 0.3) is 0 Å². The lowest BCUT2D eigenvalue weighted by molar-refractivity contribution is 1.11. The molecule has 0 aliphatic rings. The van der Waals surface area contributed by atoms with Crippen molar-refractivity contribution in [2.75, 3.05) is 6.54 Å². The van der Waals surface area contributed by atoms with Gasteiger partial charge in [0.25, 0.3) is 0 Å². The number of hydrogen-bond donors (Lipinski definition) is 2. The Kier molecular flexibility index (Phi) is 10.1. The molecule has 0 aromatic heterocycles. The second-order valence-electron chi connectivity index (χ2n) is 2.50. The summed E-state index contributed by atoms with van der Waals surface area (Å²) in [5.41, 5.74) is 13.9. The molecule has 0 aliphatic heterocycles. The minimum atomic E-state index is 0.480.